The first-order chi connectivity index (χ1) is 18.8. The molecule has 0 saturated carbocycles. The van der Waals surface area contributed by atoms with Crippen molar-refractivity contribution in [3.63, 3.8) is 0 Å². The van der Waals surface area contributed by atoms with E-state index in [2.05, 4.69) is 15.1 Å². The highest BCUT2D eigenvalue weighted by atomic mass is 35.5. The molecule has 3 heterocycles. The first-order valence-electron chi connectivity index (χ1n) is 12.3. The summed E-state index contributed by atoms with van der Waals surface area (Å²) in [6, 6.07) is 17.9. The maximum absolute atomic E-state index is 13.6. The van der Waals surface area contributed by atoms with Crippen molar-refractivity contribution in [2.45, 2.75) is 31.7 Å². The molecule has 10 heteroatoms. The lowest BCUT2D eigenvalue weighted by Gasteiger charge is -2.21. The number of carbonyl (C=O) groups excluding carboxylic acids is 1. The summed E-state index contributed by atoms with van der Waals surface area (Å²) in [5.41, 5.74) is 3.52. The van der Waals surface area contributed by atoms with Gasteiger partial charge in [0, 0.05) is 41.0 Å². The number of ether oxygens (including phenoxy) is 1. The third kappa shape index (κ3) is 5.53. The molecule has 1 aliphatic heterocycles. The number of hydrogen-bond donors (Lipinski definition) is 2. The molecule has 2 aromatic carbocycles. The summed E-state index contributed by atoms with van der Waals surface area (Å²) in [6.07, 6.45) is 1.71. The number of aromatic nitrogens is 2. The Balaban J connectivity index is 1.64. The molecule has 1 atom stereocenters. The van der Waals surface area contributed by atoms with Crippen LogP contribution in [-0.2, 0) is 16.0 Å². The highest BCUT2D eigenvalue weighted by molar-refractivity contribution is 6.31. The van der Waals surface area contributed by atoms with Gasteiger partial charge < -0.3 is 14.8 Å². The molecule has 0 bridgehead atoms. The number of methoxy groups -OCH3 is 1. The van der Waals surface area contributed by atoms with Crippen LogP contribution in [0.5, 0.6) is 5.88 Å². The number of carboxylic acids is 1. The fraction of sp³-hybridized carbons (Fsp3) is 0.207. The van der Waals surface area contributed by atoms with E-state index < -0.39 is 17.9 Å². The number of nitrogens with one attached hydrogen (secondary N) is 1. The van der Waals surface area contributed by atoms with Gasteiger partial charge in [-0.2, -0.15) is 5.10 Å². The molecule has 1 unspecified atom stereocenters. The molecule has 2 aromatic heterocycles. The summed E-state index contributed by atoms with van der Waals surface area (Å²) in [6.45, 7) is 0. The fourth-order valence-electron chi connectivity index (χ4n) is 4.81. The molecule has 39 heavy (non-hydrogen) atoms. The molecule has 0 fully saturated rings. The maximum atomic E-state index is 13.6. The number of H-pyrrole nitrogens is 1. The zero-order valence-electron chi connectivity index (χ0n) is 21.1. The van der Waals surface area contributed by atoms with Gasteiger partial charge in [0.05, 0.1) is 30.8 Å². The Bertz CT molecular complexity index is 1630. The van der Waals surface area contributed by atoms with Crippen LogP contribution in [0, 0.1) is 0 Å². The lowest BCUT2D eigenvalue weighted by molar-refractivity contribution is -0.141. The maximum Gasteiger partial charge on any atom is 0.303 e. The number of hydrogen-bond acceptors (Lipinski definition) is 6. The van der Waals surface area contributed by atoms with Gasteiger partial charge >= 0.3 is 5.97 Å². The number of amides is 1. The second-order valence-corrected chi connectivity index (χ2v) is 9.63. The lowest BCUT2D eigenvalue weighted by atomic mass is 9.91. The van der Waals surface area contributed by atoms with Gasteiger partial charge in [0.2, 0.25) is 11.8 Å². The molecule has 0 spiro atoms. The van der Waals surface area contributed by atoms with Crippen LogP contribution in [0.15, 0.2) is 76.8 Å². The van der Waals surface area contributed by atoms with E-state index in [0.29, 0.717) is 39.7 Å². The summed E-state index contributed by atoms with van der Waals surface area (Å²) in [5.74, 6) is -1.13. The Hall–Kier alpha value is -4.50. The number of rotatable bonds is 8. The number of carbonyl (C=O) groups is 2. The predicted molar refractivity (Wildman–Crippen MR) is 147 cm³/mol. The Labute approximate surface area is 228 Å². The number of fused-ring (bicyclic) bond motifs is 1. The molecule has 198 valence electrons. The molecular weight excluding hydrogens is 520 g/mol. The standard InChI is InChI=1S/C29H25ClN4O5/c1-39-25-10-7-18(16-31-25)24-15-23(33-34(24)26(35)11-12-27(36)37)28-21(13-17-5-3-2-4-6-17)20-14-19(30)8-9-22(20)32-29(28)38/h2-10,14,16,24H,11-13,15H2,1H3,(H,32,38)(H,36,37). The molecule has 0 saturated heterocycles. The van der Waals surface area contributed by atoms with E-state index >= 15 is 0 Å². The Kier molecular flexibility index (Phi) is 7.42. The minimum absolute atomic E-state index is 0.229. The third-order valence-corrected chi connectivity index (χ3v) is 6.90. The van der Waals surface area contributed by atoms with Crippen molar-refractivity contribution < 1.29 is 19.4 Å². The molecule has 0 aliphatic carbocycles. The van der Waals surface area contributed by atoms with E-state index in [4.69, 9.17) is 21.4 Å². The highest BCUT2D eigenvalue weighted by Gasteiger charge is 2.35. The van der Waals surface area contributed by atoms with Crippen LogP contribution in [0.3, 0.4) is 0 Å². The van der Waals surface area contributed by atoms with Gasteiger partial charge in [0.1, 0.15) is 0 Å². The number of aliphatic carboxylic acids is 1. The van der Waals surface area contributed by atoms with Gasteiger partial charge in [-0.25, -0.2) is 9.99 Å². The average Bonchev–Trinajstić information content (AvgIpc) is 3.37. The topological polar surface area (TPSA) is 125 Å². The number of halogens is 1. The van der Waals surface area contributed by atoms with E-state index in [9.17, 15) is 14.4 Å². The first-order valence-corrected chi connectivity index (χ1v) is 12.7. The van der Waals surface area contributed by atoms with Crippen LogP contribution >= 0.6 is 11.6 Å². The van der Waals surface area contributed by atoms with Crippen molar-refractivity contribution in [2.75, 3.05) is 7.11 Å². The number of pyridine rings is 2. The zero-order chi connectivity index (χ0) is 27.5. The molecular formula is C29H25ClN4O5. The van der Waals surface area contributed by atoms with Crippen LogP contribution in [0.1, 0.15) is 47.6 Å². The Morgan fingerprint density at radius 3 is 2.62 bits per heavy atom. The van der Waals surface area contributed by atoms with Gasteiger partial charge in [-0.15, -0.1) is 0 Å². The van der Waals surface area contributed by atoms with Crippen LogP contribution < -0.4 is 10.3 Å². The fourth-order valence-corrected chi connectivity index (χ4v) is 4.98. The predicted octanol–water partition coefficient (Wildman–Crippen LogP) is 4.72. The van der Waals surface area contributed by atoms with Crippen molar-refractivity contribution in [1.29, 1.82) is 0 Å². The smallest absolute Gasteiger partial charge is 0.303 e. The Morgan fingerprint density at radius 2 is 1.92 bits per heavy atom. The second kappa shape index (κ2) is 11.1. The van der Waals surface area contributed by atoms with Crippen molar-refractivity contribution in [3.8, 4) is 5.88 Å². The number of carboxylic acid groups (broad SMARTS) is 1. The van der Waals surface area contributed by atoms with Crippen LogP contribution in [0.25, 0.3) is 10.9 Å². The minimum Gasteiger partial charge on any atom is -0.481 e. The second-order valence-electron chi connectivity index (χ2n) is 9.19. The van der Waals surface area contributed by atoms with E-state index in [1.807, 2.05) is 36.4 Å². The molecule has 9 nitrogen and oxygen atoms in total. The summed E-state index contributed by atoms with van der Waals surface area (Å²) >= 11 is 6.36. The first kappa shape index (κ1) is 26.1. The van der Waals surface area contributed by atoms with Crippen molar-refractivity contribution >= 4 is 40.1 Å². The summed E-state index contributed by atoms with van der Waals surface area (Å²) < 4.78 is 5.16. The highest BCUT2D eigenvalue weighted by Crippen LogP contribution is 2.35. The van der Waals surface area contributed by atoms with E-state index in [1.54, 1.807) is 30.5 Å². The van der Waals surface area contributed by atoms with Crippen molar-refractivity contribution in [3.05, 3.63) is 104 Å². The summed E-state index contributed by atoms with van der Waals surface area (Å²) in [5, 5.41) is 16.3. The zero-order valence-corrected chi connectivity index (χ0v) is 21.8. The van der Waals surface area contributed by atoms with E-state index in [-0.39, 0.29) is 24.8 Å². The van der Waals surface area contributed by atoms with Crippen LogP contribution in [0.2, 0.25) is 5.02 Å². The van der Waals surface area contributed by atoms with Crippen molar-refractivity contribution in [1.82, 2.24) is 15.0 Å². The van der Waals surface area contributed by atoms with E-state index in [0.717, 1.165) is 16.5 Å². The van der Waals surface area contributed by atoms with E-state index in [1.165, 1.54) is 12.1 Å². The normalized spacial score (nSPS) is 14.9. The number of benzene rings is 2. The van der Waals surface area contributed by atoms with Gasteiger partial charge in [0.15, 0.2) is 0 Å². The number of aromatic amines is 1. The molecule has 0 radical (unpaired) electrons. The molecule has 1 amide bonds. The lowest BCUT2D eigenvalue weighted by Crippen LogP contribution is -2.27. The summed E-state index contributed by atoms with van der Waals surface area (Å²) in [7, 11) is 1.51. The number of nitrogens with zero attached hydrogens (tertiary/aromatic N) is 3. The van der Waals surface area contributed by atoms with Gasteiger partial charge in [-0.3, -0.25) is 14.4 Å². The van der Waals surface area contributed by atoms with Crippen LogP contribution in [-0.4, -0.2) is 44.8 Å². The van der Waals surface area contributed by atoms with Gasteiger partial charge in [0.25, 0.3) is 5.56 Å². The quantitative estimate of drug-likeness (QED) is 0.331. The van der Waals surface area contributed by atoms with Crippen molar-refractivity contribution in [2.24, 2.45) is 5.10 Å². The molecule has 1 aliphatic rings. The summed E-state index contributed by atoms with van der Waals surface area (Å²) in [4.78, 5) is 45.1. The van der Waals surface area contributed by atoms with Gasteiger partial charge in [-0.05, 0) is 47.4 Å². The van der Waals surface area contributed by atoms with Crippen LogP contribution in [0.4, 0.5) is 0 Å². The molecule has 4 aromatic rings. The number of hydrazone groups is 1. The van der Waals surface area contributed by atoms with Gasteiger partial charge in [-0.1, -0.05) is 41.9 Å². The third-order valence-electron chi connectivity index (χ3n) is 6.67. The Morgan fingerprint density at radius 1 is 1.13 bits per heavy atom. The largest absolute Gasteiger partial charge is 0.481 e. The molecule has 2 N–H and O–H groups in total. The average molecular weight is 545 g/mol. The molecule has 5 rings (SSSR count). The SMILES string of the molecule is COc1ccc(C2CC(c3c(Cc4ccccc4)c4cc(Cl)ccc4[nH]c3=O)=NN2C(=O)CCC(=O)O)cn1. The monoisotopic (exact) mass is 544 g/mol. The minimum atomic E-state index is -1.08.